The first-order valence-electron chi connectivity index (χ1n) is 22.2. The van der Waals surface area contributed by atoms with Crippen LogP contribution in [0.2, 0.25) is 18.1 Å². The fourth-order valence-corrected chi connectivity index (χ4v) is 10.1. The highest BCUT2D eigenvalue weighted by atomic mass is 35.6. The van der Waals surface area contributed by atoms with Gasteiger partial charge in [0, 0.05) is 23.6 Å². The Balaban J connectivity index is 1.49. The van der Waals surface area contributed by atoms with Crippen LogP contribution >= 0.6 is 34.8 Å². The van der Waals surface area contributed by atoms with Crippen LogP contribution in [0.5, 0.6) is 28.7 Å². The molecule has 0 N–H and O–H groups in total. The van der Waals surface area contributed by atoms with E-state index in [9.17, 15) is 14.9 Å². The molecule has 4 aromatic rings. The third-order valence-corrected chi connectivity index (χ3v) is 18.0. The van der Waals surface area contributed by atoms with Crippen LogP contribution in [-0.2, 0) is 38.3 Å². The molecule has 1 amide bonds. The van der Waals surface area contributed by atoms with Crippen molar-refractivity contribution in [3.05, 3.63) is 112 Å². The summed E-state index contributed by atoms with van der Waals surface area (Å²) in [6, 6.07) is 21.3. The van der Waals surface area contributed by atoms with E-state index in [1.807, 2.05) is 91.5 Å². The summed E-state index contributed by atoms with van der Waals surface area (Å²) in [5.41, 5.74) is 5.40. The molecule has 0 aromatic heterocycles. The van der Waals surface area contributed by atoms with Crippen LogP contribution in [0, 0.1) is 25.2 Å². The number of ether oxygens (including phenoxy) is 7. The average Bonchev–Trinajstić information content (AvgIpc) is 3.78. The summed E-state index contributed by atoms with van der Waals surface area (Å²) >= 11 is 18.6. The molecule has 0 aliphatic carbocycles. The Morgan fingerprint density at radius 2 is 1.54 bits per heavy atom. The number of alkyl halides is 3. The third-order valence-electron chi connectivity index (χ3n) is 13.2. The Morgan fingerprint density at radius 3 is 2.12 bits per heavy atom. The zero-order valence-electron chi connectivity index (χ0n) is 39.3. The second kappa shape index (κ2) is 20.4. The van der Waals surface area contributed by atoms with Crippen molar-refractivity contribution < 1.29 is 47.2 Å². The van der Waals surface area contributed by atoms with Crippen molar-refractivity contribution in [2.45, 2.75) is 113 Å². The van der Waals surface area contributed by atoms with E-state index in [0.717, 1.165) is 22.3 Å². The number of benzene rings is 4. The lowest BCUT2D eigenvalue weighted by Crippen LogP contribution is -2.70. The summed E-state index contributed by atoms with van der Waals surface area (Å²) in [6.07, 6.45) is -0.623. The molecule has 1 saturated heterocycles. The molecule has 3 aliphatic heterocycles. The molecule has 3 heterocycles. The van der Waals surface area contributed by atoms with Crippen LogP contribution in [0.15, 0.2) is 72.8 Å². The Labute approximate surface area is 409 Å². The summed E-state index contributed by atoms with van der Waals surface area (Å²) in [4.78, 5) is 31.4. The molecular weight excluding hydrogens is 937 g/mol. The van der Waals surface area contributed by atoms with Crippen molar-refractivity contribution >= 4 is 55.2 Å². The zero-order valence-corrected chi connectivity index (χ0v) is 42.6. The second-order valence-corrected chi connectivity index (χ2v) is 25.9. The smallest absolute Gasteiger partial charge is 0.410 e. The Morgan fingerprint density at radius 1 is 0.910 bits per heavy atom. The quantitative estimate of drug-likeness (QED) is 0.0636. The lowest BCUT2D eigenvalue weighted by atomic mass is 9.76. The number of aryl methyl sites for hydroxylation is 1. The highest BCUT2D eigenvalue weighted by Crippen LogP contribution is 2.55. The van der Waals surface area contributed by atoms with Crippen molar-refractivity contribution in [1.82, 2.24) is 9.80 Å². The number of methoxy groups -OCH3 is 1. The highest BCUT2D eigenvalue weighted by Gasteiger charge is 2.58. The van der Waals surface area contributed by atoms with Crippen LogP contribution in [0.3, 0.4) is 0 Å². The van der Waals surface area contributed by atoms with E-state index >= 15 is 0 Å². The minimum absolute atomic E-state index is 0.00734. The number of rotatable bonds is 15. The first-order chi connectivity index (χ1) is 31.7. The molecule has 67 heavy (non-hydrogen) atoms. The van der Waals surface area contributed by atoms with Gasteiger partial charge >= 0.3 is 12.1 Å². The molecule has 5 atom stereocenters. The molecule has 0 spiro atoms. The largest absolute Gasteiger partial charge is 0.493 e. The Hall–Kier alpha value is -4.88. The number of halogens is 3. The average molecular weight is 995 g/mol. The number of hydrogen-bond donors (Lipinski definition) is 0. The predicted octanol–water partition coefficient (Wildman–Crippen LogP) is 10.9. The van der Waals surface area contributed by atoms with E-state index in [1.54, 1.807) is 12.0 Å². The molecule has 3 aliphatic rings. The van der Waals surface area contributed by atoms with Crippen LogP contribution in [0.1, 0.15) is 78.7 Å². The monoisotopic (exact) mass is 993 g/mol. The van der Waals surface area contributed by atoms with Gasteiger partial charge in [0.1, 0.15) is 38.2 Å². The number of amides is 1. The van der Waals surface area contributed by atoms with Crippen LogP contribution < -0.4 is 23.7 Å². The number of fused-ring (bicyclic) bond motifs is 5. The van der Waals surface area contributed by atoms with Crippen molar-refractivity contribution in [3.8, 4) is 34.8 Å². The molecule has 7 rings (SSSR count). The van der Waals surface area contributed by atoms with Crippen LogP contribution in [-0.4, -0.2) is 85.8 Å². The maximum absolute atomic E-state index is 14.9. The fourth-order valence-electron chi connectivity index (χ4n) is 8.95. The Kier molecular flexibility index (Phi) is 15.2. The van der Waals surface area contributed by atoms with Gasteiger partial charge < -0.3 is 37.6 Å². The van der Waals surface area contributed by atoms with Gasteiger partial charge in [0.05, 0.1) is 44.0 Å². The minimum Gasteiger partial charge on any atom is -0.493 e. The van der Waals surface area contributed by atoms with E-state index in [0.29, 0.717) is 45.4 Å². The minimum atomic E-state index is -2.60. The van der Waals surface area contributed by atoms with E-state index in [-0.39, 0.29) is 44.7 Å². The molecule has 0 saturated carbocycles. The zero-order chi connectivity index (χ0) is 48.4. The summed E-state index contributed by atoms with van der Waals surface area (Å²) < 4.78 is 48.9. The molecule has 0 radical (unpaired) electrons. The molecule has 4 aromatic carbocycles. The second-order valence-electron chi connectivity index (χ2n) is 18.6. The van der Waals surface area contributed by atoms with E-state index in [4.69, 9.17) is 72.4 Å². The lowest BCUT2D eigenvalue weighted by Gasteiger charge is -2.58. The summed E-state index contributed by atoms with van der Waals surface area (Å²) in [6.45, 7) is 15.4. The van der Waals surface area contributed by atoms with Crippen molar-refractivity contribution in [2.24, 2.45) is 0 Å². The SMILES string of the molecule is COc1c(C)cc2c(c1OCc1ccccc1)[C@@H]1[C@H](CO[Si](C)(C)C(C)(C)C)N([C@@H](COC(C)=O)c3cc(OCc4ccccc4)c(C)c4c3OCO4)[C@@H](C#N)[C@H](C2)N1C(=O)OCC(Cl)(Cl)Cl. The molecule has 13 nitrogen and oxygen atoms in total. The standard InChI is InChI=1S/C50H58Cl3N3O10Si/c1-30-20-35-21-37-38(23-54)55(39(26-60-32(3)57)36-22-41(31(2)45-46(36)65-29-64-45)61-24-33-16-12-10-13-17-33)40(27-66-67(8,9)49(4,5)6)43(56(37)48(58)63-28-50(51,52)53)42(35)47(44(30)59-7)62-25-34-18-14-11-15-19-34/h10-20,22,37-40,43H,21,24-29H2,1-9H3/t37-,38-,39-,40-,43-/m0/s1. The first-order valence-corrected chi connectivity index (χ1v) is 26.2. The molecule has 17 heteroatoms. The van der Waals surface area contributed by atoms with Crippen molar-refractivity contribution in [3.63, 3.8) is 0 Å². The number of hydrogen-bond acceptors (Lipinski definition) is 12. The molecule has 358 valence electrons. The van der Waals surface area contributed by atoms with Gasteiger partial charge in [-0.05, 0) is 66.7 Å². The lowest BCUT2D eigenvalue weighted by molar-refractivity contribution is -0.146. The predicted molar refractivity (Wildman–Crippen MR) is 258 cm³/mol. The highest BCUT2D eigenvalue weighted by molar-refractivity contribution is 6.74. The normalized spacial score (nSPS) is 19.5. The number of piperazine rings is 1. The number of carbonyl (C=O) groups is 2. The number of carbonyl (C=O) groups excluding carboxylic acids is 2. The van der Waals surface area contributed by atoms with Gasteiger partial charge in [-0.15, -0.1) is 0 Å². The summed E-state index contributed by atoms with van der Waals surface area (Å²) in [5, 5.41) is 11.4. The summed E-state index contributed by atoms with van der Waals surface area (Å²) in [7, 11) is -1.03. The fraction of sp³-hybridized carbons (Fsp3) is 0.460. The molecular formula is C50H58Cl3N3O10Si. The van der Waals surface area contributed by atoms with Gasteiger partial charge in [-0.3, -0.25) is 14.6 Å². The number of nitriles is 1. The van der Waals surface area contributed by atoms with E-state index in [2.05, 4.69) is 39.9 Å². The van der Waals surface area contributed by atoms with Gasteiger partial charge in [0.25, 0.3) is 0 Å². The van der Waals surface area contributed by atoms with Gasteiger partial charge in [0.15, 0.2) is 31.3 Å². The third kappa shape index (κ3) is 10.7. The Bertz CT molecular complexity index is 2480. The van der Waals surface area contributed by atoms with Gasteiger partial charge in [-0.2, -0.15) is 5.26 Å². The maximum atomic E-state index is 14.9. The van der Waals surface area contributed by atoms with E-state index in [1.165, 1.54) is 6.92 Å². The van der Waals surface area contributed by atoms with Gasteiger partial charge in [0.2, 0.25) is 10.6 Å². The first kappa shape index (κ1) is 50.0. The number of esters is 1. The molecule has 2 bridgehead atoms. The summed E-state index contributed by atoms with van der Waals surface area (Å²) in [5.74, 6) is 1.74. The van der Waals surface area contributed by atoms with Crippen molar-refractivity contribution in [1.29, 1.82) is 5.26 Å². The van der Waals surface area contributed by atoms with Crippen LogP contribution in [0.4, 0.5) is 4.79 Å². The van der Waals surface area contributed by atoms with Crippen molar-refractivity contribution in [2.75, 3.05) is 33.7 Å². The van der Waals surface area contributed by atoms with E-state index < -0.39 is 61.0 Å². The number of nitrogens with zero attached hydrogens (tertiary/aromatic N) is 3. The molecule has 1 fully saturated rings. The van der Waals surface area contributed by atoms with Gasteiger partial charge in [-0.1, -0.05) is 122 Å². The topological polar surface area (TPSA) is 138 Å². The van der Waals surface area contributed by atoms with Gasteiger partial charge in [-0.25, -0.2) is 4.79 Å². The molecule has 0 unspecified atom stereocenters. The maximum Gasteiger partial charge on any atom is 0.410 e. The van der Waals surface area contributed by atoms with Crippen LogP contribution in [0.25, 0.3) is 0 Å².